The van der Waals surface area contributed by atoms with E-state index in [0.29, 0.717) is 32.2 Å². The fraction of sp³-hybridized carbons (Fsp3) is 0.571. The van der Waals surface area contributed by atoms with Gasteiger partial charge in [-0.1, -0.05) is 30.3 Å². The minimum absolute atomic E-state index is 0.0836. The molecule has 1 aromatic carbocycles. The first kappa shape index (κ1) is 15.1. The number of hydrogen-bond acceptors (Lipinski definition) is 4. The van der Waals surface area contributed by atoms with E-state index in [0.717, 1.165) is 12.8 Å². The molecule has 102 valence electrons. The predicted molar refractivity (Wildman–Crippen MR) is 74.9 cm³/mol. The molecule has 1 rings (SSSR count). The van der Waals surface area contributed by atoms with Gasteiger partial charge in [-0.25, -0.2) is 0 Å². The summed E-state index contributed by atoms with van der Waals surface area (Å²) in [5.41, 5.74) is 18.4. The van der Waals surface area contributed by atoms with Crippen molar-refractivity contribution in [1.82, 2.24) is 0 Å². The molecule has 0 amide bonds. The van der Waals surface area contributed by atoms with Crippen LogP contribution in [0.5, 0.6) is 0 Å². The van der Waals surface area contributed by atoms with Gasteiger partial charge in [-0.05, 0) is 37.4 Å². The van der Waals surface area contributed by atoms with Gasteiger partial charge in [-0.2, -0.15) is 0 Å². The third kappa shape index (κ3) is 5.60. The van der Waals surface area contributed by atoms with E-state index >= 15 is 0 Å². The van der Waals surface area contributed by atoms with E-state index in [-0.39, 0.29) is 6.04 Å². The van der Waals surface area contributed by atoms with Crippen LogP contribution in [-0.4, -0.2) is 25.7 Å². The molecule has 0 saturated carbocycles. The smallest absolute Gasteiger partial charge is 0.0716 e. The summed E-state index contributed by atoms with van der Waals surface area (Å²) in [5, 5.41) is 0. The molecule has 0 heterocycles. The monoisotopic (exact) mass is 251 g/mol. The van der Waals surface area contributed by atoms with Crippen molar-refractivity contribution in [3.8, 4) is 0 Å². The standard InChI is InChI=1S/C14H25N3O/c15-8-6-14(17)13(10-16)7-9-18-11-12-4-2-1-3-5-12/h1-5,13-14H,6-11,15-17H2. The lowest BCUT2D eigenvalue weighted by atomic mass is 9.95. The lowest BCUT2D eigenvalue weighted by Crippen LogP contribution is -2.37. The Labute approximate surface area is 109 Å². The van der Waals surface area contributed by atoms with Crippen LogP contribution >= 0.6 is 0 Å². The van der Waals surface area contributed by atoms with Gasteiger partial charge < -0.3 is 21.9 Å². The fourth-order valence-electron chi connectivity index (χ4n) is 1.93. The quantitative estimate of drug-likeness (QED) is 0.568. The van der Waals surface area contributed by atoms with Gasteiger partial charge in [-0.15, -0.1) is 0 Å². The van der Waals surface area contributed by atoms with Crippen LogP contribution in [0.1, 0.15) is 18.4 Å². The average molecular weight is 251 g/mol. The SMILES string of the molecule is NCCC(N)C(CN)CCOCc1ccccc1. The first-order chi connectivity index (χ1) is 8.77. The molecular formula is C14H25N3O. The molecule has 18 heavy (non-hydrogen) atoms. The van der Waals surface area contributed by atoms with Crippen molar-refractivity contribution in [1.29, 1.82) is 0 Å². The molecule has 0 bridgehead atoms. The molecule has 0 saturated heterocycles. The van der Waals surface area contributed by atoms with Crippen LogP contribution in [0.15, 0.2) is 30.3 Å². The maximum Gasteiger partial charge on any atom is 0.0716 e. The van der Waals surface area contributed by atoms with Crippen molar-refractivity contribution in [2.75, 3.05) is 19.7 Å². The maximum absolute atomic E-state index is 6.02. The van der Waals surface area contributed by atoms with Crippen LogP contribution in [-0.2, 0) is 11.3 Å². The Morgan fingerprint density at radius 2 is 1.78 bits per heavy atom. The van der Waals surface area contributed by atoms with Gasteiger partial charge in [0.25, 0.3) is 0 Å². The van der Waals surface area contributed by atoms with Gasteiger partial charge in [0.2, 0.25) is 0 Å². The summed E-state index contributed by atoms with van der Waals surface area (Å²) < 4.78 is 5.64. The van der Waals surface area contributed by atoms with Crippen LogP contribution in [0, 0.1) is 5.92 Å². The molecule has 0 aliphatic heterocycles. The summed E-state index contributed by atoms with van der Waals surface area (Å²) in [7, 11) is 0. The van der Waals surface area contributed by atoms with Crippen LogP contribution in [0.25, 0.3) is 0 Å². The summed E-state index contributed by atoms with van der Waals surface area (Å²) in [5.74, 6) is 0.296. The first-order valence-electron chi connectivity index (χ1n) is 6.55. The van der Waals surface area contributed by atoms with Crippen LogP contribution < -0.4 is 17.2 Å². The highest BCUT2D eigenvalue weighted by atomic mass is 16.5. The van der Waals surface area contributed by atoms with Crippen molar-refractivity contribution >= 4 is 0 Å². The Hall–Kier alpha value is -0.940. The average Bonchev–Trinajstić information content (AvgIpc) is 2.40. The maximum atomic E-state index is 6.02. The first-order valence-corrected chi connectivity index (χ1v) is 6.55. The lowest BCUT2D eigenvalue weighted by Gasteiger charge is -2.21. The van der Waals surface area contributed by atoms with Gasteiger partial charge in [0.15, 0.2) is 0 Å². The summed E-state index contributed by atoms with van der Waals surface area (Å²) in [6.45, 7) is 2.54. The van der Waals surface area contributed by atoms with Crippen molar-refractivity contribution < 1.29 is 4.74 Å². The van der Waals surface area contributed by atoms with Crippen molar-refractivity contribution in [2.24, 2.45) is 23.1 Å². The highest BCUT2D eigenvalue weighted by Crippen LogP contribution is 2.09. The molecule has 0 radical (unpaired) electrons. The number of rotatable bonds is 9. The largest absolute Gasteiger partial charge is 0.377 e. The van der Waals surface area contributed by atoms with E-state index in [1.54, 1.807) is 0 Å². The Balaban J connectivity index is 2.19. The zero-order chi connectivity index (χ0) is 13.2. The topological polar surface area (TPSA) is 87.3 Å². The molecule has 1 aromatic rings. The minimum atomic E-state index is 0.0836. The van der Waals surface area contributed by atoms with Crippen molar-refractivity contribution in [3.05, 3.63) is 35.9 Å². The highest BCUT2D eigenvalue weighted by Gasteiger charge is 2.15. The van der Waals surface area contributed by atoms with Crippen LogP contribution in [0.4, 0.5) is 0 Å². The molecular weight excluding hydrogens is 226 g/mol. The molecule has 6 N–H and O–H groups in total. The summed E-state index contributed by atoms with van der Waals surface area (Å²) in [6.07, 6.45) is 1.71. The Bertz CT molecular complexity index is 305. The number of nitrogens with two attached hydrogens (primary N) is 3. The second-order valence-electron chi connectivity index (χ2n) is 4.56. The van der Waals surface area contributed by atoms with Gasteiger partial charge in [0.1, 0.15) is 0 Å². The Morgan fingerprint density at radius 3 is 2.39 bits per heavy atom. The molecule has 2 unspecified atom stereocenters. The second-order valence-corrected chi connectivity index (χ2v) is 4.56. The highest BCUT2D eigenvalue weighted by molar-refractivity contribution is 5.13. The van der Waals surface area contributed by atoms with Crippen LogP contribution in [0.2, 0.25) is 0 Å². The number of benzene rings is 1. The molecule has 0 aliphatic rings. The third-order valence-electron chi connectivity index (χ3n) is 3.15. The van der Waals surface area contributed by atoms with Crippen LogP contribution in [0.3, 0.4) is 0 Å². The molecule has 0 spiro atoms. The minimum Gasteiger partial charge on any atom is -0.377 e. The normalized spacial score (nSPS) is 14.4. The molecule has 0 aromatic heterocycles. The number of hydrogen-bond donors (Lipinski definition) is 3. The Morgan fingerprint density at radius 1 is 1.06 bits per heavy atom. The molecule has 2 atom stereocenters. The summed E-state index contributed by atoms with van der Waals surface area (Å²) >= 11 is 0. The Kier molecular flexibility index (Phi) is 7.60. The van der Waals surface area contributed by atoms with E-state index in [9.17, 15) is 0 Å². The van der Waals surface area contributed by atoms with Gasteiger partial charge in [0, 0.05) is 12.6 Å². The van der Waals surface area contributed by atoms with E-state index in [1.807, 2.05) is 18.2 Å². The van der Waals surface area contributed by atoms with Gasteiger partial charge >= 0.3 is 0 Å². The molecule has 4 nitrogen and oxygen atoms in total. The molecule has 0 fully saturated rings. The molecule has 0 aliphatic carbocycles. The summed E-state index contributed by atoms with van der Waals surface area (Å²) in [4.78, 5) is 0. The lowest BCUT2D eigenvalue weighted by molar-refractivity contribution is 0.104. The second kappa shape index (κ2) is 9.05. The third-order valence-corrected chi connectivity index (χ3v) is 3.15. The van der Waals surface area contributed by atoms with Crippen molar-refractivity contribution in [2.45, 2.75) is 25.5 Å². The predicted octanol–water partition coefficient (Wildman–Crippen LogP) is 0.844. The zero-order valence-corrected chi connectivity index (χ0v) is 10.9. The van der Waals surface area contributed by atoms with E-state index in [4.69, 9.17) is 21.9 Å². The van der Waals surface area contributed by atoms with E-state index in [1.165, 1.54) is 5.56 Å². The van der Waals surface area contributed by atoms with Crippen molar-refractivity contribution in [3.63, 3.8) is 0 Å². The van der Waals surface area contributed by atoms with E-state index < -0.39 is 0 Å². The summed E-state index contributed by atoms with van der Waals surface area (Å²) in [6, 6.07) is 10.2. The van der Waals surface area contributed by atoms with E-state index in [2.05, 4.69) is 12.1 Å². The molecule has 4 heteroatoms. The fourth-order valence-corrected chi connectivity index (χ4v) is 1.93. The van der Waals surface area contributed by atoms with Gasteiger partial charge in [-0.3, -0.25) is 0 Å². The van der Waals surface area contributed by atoms with Gasteiger partial charge in [0.05, 0.1) is 6.61 Å². The zero-order valence-electron chi connectivity index (χ0n) is 10.9. The number of ether oxygens (including phenoxy) is 1.